The molecule has 0 amide bonds. The van der Waals surface area contributed by atoms with E-state index in [4.69, 9.17) is 4.74 Å². The van der Waals surface area contributed by atoms with E-state index in [-0.39, 0.29) is 0 Å². The van der Waals surface area contributed by atoms with Crippen LogP contribution in [0, 0.1) is 6.92 Å². The van der Waals surface area contributed by atoms with Crippen molar-refractivity contribution in [2.75, 3.05) is 16.8 Å². The van der Waals surface area contributed by atoms with Gasteiger partial charge in [0.1, 0.15) is 0 Å². The normalized spacial score (nSPS) is 12.6. The number of pyridine rings is 1. The summed E-state index contributed by atoms with van der Waals surface area (Å²) >= 11 is 10.6. The summed E-state index contributed by atoms with van der Waals surface area (Å²) in [5.74, 6) is 2.56. The minimum Gasteiger partial charge on any atom is -0.451 e. The van der Waals surface area contributed by atoms with Crippen molar-refractivity contribution in [1.82, 2.24) is 4.98 Å². The summed E-state index contributed by atoms with van der Waals surface area (Å²) in [7, 11) is 0. The molecule has 1 aliphatic heterocycles. The number of rotatable bonds is 5. The molecule has 0 aliphatic carbocycles. The molecule has 2 aromatic rings. The zero-order chi connectivity index (χ0) is 16.4. The summed E-state index contributed by atoms with van der Waals surface area (Å²) in [6.45, 7) is 3.03. The minimum absolute atomic E-state index is 0.795. The number of hydrogen-bond donors (Lipinski definition) is 0. The van der Waals surface area contributed by atoms with Crippen LogP contribution in [0.15, 0.2) is 33.3 Å². The fourth-order valence-corrected chi connectivity index (χ4v) is 3.66. The van der Waals surface area contributed by atoms with Crippen molar-refractivity contribution in [3.8, 4) is 11.5 Å². The standard InChI is InChI=1S/C17H17Br3N2O/c1-11-7-14-15(9-13(11)20)23-16-8-12(19)10-21-17(16)22(14)6-4-2-3-5-18/h7-10H,2-6H2,1H3. The Bertz CT molecular complexity index is 721. The van der Waals surface area contributed by atoms with Crippen LogP contribution >= 0.6 is 47.8 Å². The van der Waals surface area contributed by atoms with Crippen LogP contribution < -0.4 is 9.64 Å². The lowest BCUT2D eigenvalue weighted by molar-refractivity contribution is 0.468. The average Bonchev–Trinajstić information content (AvgIpc) is 2.52. The SMILES string of the molecule is Cc1cc2c(cc1Br)Oc1cc(Br)cnc1N2CCCCCBr. The molecule has 1 aromatic heterocycles. The largest absolute Gasteiger partial charge is 0.451 e. The molecule has 6 heteroatoms. The second kappa shape index (κ2) is 7.53. The first kappa shape index (κ1) is 17.2. The molecule has 0 unspecified atom stereocenters. The quantitative estimate of drug-likeness (QED) is 0.333. The molecule has 0 saturated heterocycles. The summed E-state index contributed by atoms with van der Waals surface area (Å²) in [4.78, 5) is 6.86. The van der Waals surface area contributed by atoms with Crippen molar-refractivity contribution in [2.24, 2.45) is 0 Å². The third-order valence-electron chi connectivity index (χ3n) is 3.82. The van der Waals surface area contributed by atoms with E-state index in [9.17, 15) is 0 Å². The fraction of sp³-hybridized carbons (Fsp3) is 0.353. The third-order valence-corrected chi connectivity index (χ3v) is 5.67. The van der Waals surface area contributed by atoms with Crippen LogP contribution in [0.4, 0.5) is 11.5 Å². The maximum Gasteiger partial charge on any atom is 0.176 e. The smallest absolute Gasteiger partial charge is 0.176 e. The number of aryl methyl sites for hydroxylation is 1. The van der Waals surface area contributed by atoms with E-state index in [1.54, 1.807) is 0 Å². The Morgan fingerprint density at radius 1 is 1.09 bits per heavy atom. The van der Waals surface area contributed by atoms with Crippen LogP contribution in [0.25, 0.3) is 0 Å². The molecule has 23 heavy (non-hydrogen) atoms. The number of alkyl halides is 1. The average molecular weight is 505 g/mol. The molecule has 1 aliphatic rings. The zero-order valence-electron chi connectivity index (χ0n) is 12.8. The van der Waals surface area contributed by atoms with Crippen molar-refractivity contribution >= 4 is 59.3 Å². The molecule has 0 radical (unpaired) electrons. The summed E-state index contributed by atoms with van der Waals surface area (Å²) in [6, 6.07) is 6.18. The van der Waals surface area contributed by atoms with Crippen LogP contribution in [0.5, 0.6) is 11.5 Å². The van der Waals surface area contributed by atoms with Crippen LogP contribution in [0.2, 0.25) is 0 Å². The van der Waals surface area contributed by atoms with Gasteiger partial charge in [0.25, 0.3) is 0 Å². The highest BCUT2D eigenvalue weighted by Gasteiger charge is 2.26. The first-order valence-electron chi connectivity index (χ1n) is 7.57. The summed E-state index contributed by atoms with van der Waals surface area (Å²) in [5.41, 5.74) is 2.28. The second-order valence-corrected chi connectivity index (χ2v) is 8.11. The van der Waals surface area contributed by atoms with Gasteiger partial charge in [-0.15, -0.1) is 0 Å². The van der Waals surface area contributed by atoms with Crippen LogP contribution in [0.3, 0.4) is 0 Å². The Balaban J connectivity index is 1.97. The van der Waals surface area contributed by atoms with Gasteiger partial charge in [-0.2, -0.15) is 0 Å². The van der Waals surface area contributed by atoms with E-state index in [1.807, 2.05) is 18.3 Å². The molecule has 2 heterocycles. The Labute approximate surface area is 161 Å². The van der Waals surface area contributed by atoms with E-state index in [0.717, 1.165) is 50.2 Å². The van der Waals surface area contributed by atoms with Crippen molar-refractivity contribution in [1.29, 1.82) is 0 Å². The highest BCUT2D eigenvalue weighted by Crippen LogP contribution is 2.47. The Hall–Kier alpha value is -0.590. The number of nitrogens with zero attached hydrogens (tertiary/aromatic N) is 2. The molecule has 0 atom stereocenters. The van der Waals surface area contributed by atoms with Gasteiger partial charge in [0, 0.05) is 33.1 Å². The van der Waals surface area contributed by atoms with Crippen molar-refractivity contribution in [3.05, 3.63) is 38.9 Å². The van der Waals surface area contributed by atoms with Crippen LogP contribution in [-0.4, -0.2) is 16.9 Å². The van der Waals surface area contributed by atoms with Crippen molar-refractivity contribution in [2.45, 2.75) is 26.2 Å². The molecule has 3 rings (SSSR count). The van der Waals surface area contributed by atoms with Gasteiger partial charge in [0.05, 0.1) is 5.69 Å². The monoisotopic (exact) mass is 502 g/mol. The van der Waals surface area contributed by atoms with Crippen molar-refractivity contribution in [3.63, 3.8) is 0 Å². The maximum atomic E-state index is 6.08. The number of ether oxygens (including phenoxy) is 1. The number of anilines is 2. The van der Waals surface area contributed by atoms with Gasteiger partial charge in [-0.05, 0) is 53.4 Å². The Morgan fingerprint density at radius 3 is 2.70 bits per heavy atom. The number of unbranched alkanes of at least 4 members (excludes halogenated alkanes) is 2. The lowest BCUT2D eigenvalue weighted by Gasteiger charge is -2.32. The van der Waals surface area contributed by atoms with Crippen LogP contribution in [-0.2, 0) is 0 Å². The number of aromatic nitrogens is 1. The van der Waals surface area contributed by atoms with E-state index in [1.165, 1.54) is 18.4 Å². The predicted octanol–water partition coefficient (Wildman–Crippen LogP) is 6.72. The summed E-state index contributed by atoms with van der Waals surface area (Å²) in [6.07, 6.45) is 5.33. The van der Waals surface area contributed by atoms with Gasteiger partial charge in [0.2, 0.25) is 0 Å². The number of halogens is 3. The predicted molar refractivity (Wildman–Crippen MR) is 106 cm³/mol. The third kappa shape index (κ3) is 3.74. The van der Waals surface area contributed by atoms with Gasteiger partial charge in [-0.3, -0.25) is 0 Å². The first-order valence-corrected chi connectivity index (χ1v) is 10.3. The maximum absolute atomic E-state index is 6.08. The highest BCUT2D eigenvalue weighted by molar-refractivity contribution is 9.10. The molecule has 122 valence electrons. The summed E-state index contributed by atoms with van der Waals surface area (Å²) < 4.78 is 8.06. The lowest BCUT2D eigenvalue weighted by atomic mass is 10.1. The Morgan fingerprint density at radius 2 is 1.91 bits per heavy atom. The topological polar surface area (TPSA) is 25.4 Å². The highest BCUT2D eigenvalue weighted by atomic mass is 79.9. The molecule has 0 bridgehead atoms. The van der Waals surface area contributed by atoms with Gasteiger partial charge in [-0.25, -0.2) is 4.98 Å². The van der Waals surface area contributed by atoms with E-state index in [0.29, 0.717) is 0 Å². The minimum atomic E-state index is 0.795. The fourth-order valence-electron chi connectivity index (χ4n) is 2.63. The molecule has 0 N–H and O–H groups in total. The molecular formula is C17H17Br3N2O. The van der Waals surface area contributed by atoms with Crippen LogP contribution in [0.1, 0.15) is 24.8 Å². The molecule has 0 saturated carbocycles. The Kier molecular flexibility index (Phi) is 5.65. The van der Waals surface area contributed by atoms with Gasteiger partial charge < -0.3 is 9.64 Å². The number of benzene rings is 1. The molecule has 0 fully saturated rings. The van der Waals surface area contributed by atoms with E-state index >= 15 is 0 Å². The van der Waals surface area contributed by atoms with Crippen molar-refractivity contribution < 1.29 is 4.74 Å². The molecule has 3 nitrogen and oxygen atoms in total. The first-order chi connectivity index (χ1) is 11.1. The number of hydrogen-bond acceptors (Lipinski definition) is 3. The summed E-state index contributed by atoms with van der Waals surface area (Å²) in [5, 5.41) is 1.06. The molecular weight excluding hydrogens is 488 g/mol. The number of fused-ring (bicyclic) bond motifs is 2. The van der Waals surface area contributed by atoms with Gasteiger partial charge in [-0.1, -0.05) is 38.3 Å². The van der Waals surface area contributed by atoms with E-state index in [2.05, 4.69) is 70.7 Å². The molecule has 1 aromatic carbocycles. The van der Waals surface area contributed by atoms with Gasteiger partial charge in [0.15, 0.2) is 17.3 Å². The molecule has 0 spiro atoms. The lowest BCUT2D eigenvalue weighted by Crippen LogP contribution is -2.23. The zero-order valence-corrected chi connectivity index (χ0v) is 17.5. The van der Waals surface area contributed by atoms with Gasteiger partial charge >= 0.3 is 0 Å². The van der Waals surface area contributed by atoms with E-state index < -0.39 is 0 Å². The second-order valence-electron chi connectivity index (χ2n) is 5.55.